The predicted octanol–water partition coefficient (Wildman–Crippen LogP) is 2.22. The third-order valence-electron chi connectivity index (χ3n) is 7.75. The van der Waals surface area contributed by atoms with Crippen LogP contribution >= 0.6 is 11.6 Å². The molecule has 0 saturated heterocycles. The average molecular weight is 775 g/mol. The summed E-state index contributed by atoms with van der Waals surface area (Å²) < 4.78 is 8.08. The fourth-order valence-electron chi connectivity index (χ4n) is 4.74. The van der Waals surface area contributed by atoms with E-state index in [0.717, 1.165) is 14.2 Å². The van der Waals surface area contributed by atoms with Crippen LogP contribution in [0.4, 0.5) is 11.4 Å². The molecular formula is C36H39ClN10O8. The third kappa shape index (κ3) is 10.0. The lowest BCUT2D eigenvalue weighted by Gasteiger charge is -2.02. The highest BCUT2D eigenvalue weighted by molar-refractivity contribution is 6.30. The number of nitrogens with zero attached hydrogens (tertiary/aromatic N) is 8. The summed E-state index contributed by atoms with van der Waals surface area (Å²) in [5.74, 6) is -1.98. The normalized spacial score (nSPS) is 10.1. The first-order valence-corrected chi connectivity index (χ1v) is 16.3. The van der Waals surface area contributed by atoms with Crippen LogP contribution in [0.15, 0.2) is 111 Å². The number of halogens is 1. The fraction of sp³-hybridized carbons (Fsp3) is 0.167. The fourth-order valence-corrected chi connectivity index (χ4v) is 4.89. The number of imidazole rings is 2. The molecule has 19 heteroatoms. The van der Waals surface area contributed by atoms with Crippen LogP contribution in [0.1, 0.15) is 20.7 Å². The van der Waals surface area contributed by atoms with Gasteiger partial charge in [-0.3, -0.25) is 27.9 Å². The molecule has 288 valence electrons. The van der Waals surface area contributed by atoms with E-state index >= 15 is 0 Å². The van der Waals surface area contributed by atoms with Crippen molar-refractivity contribution in [1.82, 2.24) is 37.4 Å². The second-order valence-electron chi connectivity index (χ2n) is 11.5. The van der Waals surface area contributed by atoms with Gasteiger partial charge in [0.15, 0.2) is 22.3 Å². The van der Waals surface area contributed by atoms with Crippen LogP contribution in [-0.2, 0) is 42.3 Å². The maximum absolute atomic E-state index is 11.7. The lowest BCUT2D eigenvalue weighted by molar-refractivity contribution is 0.0687. The van der Waals surface area contributed by atoms with Crippen LogP contribution in [0.5, 0.6) is 0 Å². The SMILES string of the molecule is Clc1ccccc1.Cn1c(=O)c2c(ncn2C)n(C)c1=O.Cn1c(=O)c2c(ncn2C)n(C)c1=O.Nc1ccccc1C(=O)O.Nc1ccccc1C(=O)O. The van der Waals surface area contributed by atoms with Gasteiger partial charge in [0.2, 0.25) is 0 Å². The molecule has 6 N–H and O–H groups in total. The standard InChI is InChI=1S/2C8H10N4O2.2C7H7NO2.C6H5Cl/c2*1-10-4-9-6-5(10)7(13)12(3)8(14)11(6)2;2*8-6-4-2-1-3-5(6)7(9)10;7-6-4-2-1-3-5-6/h2*4H,1-3H3;2*1-4H,8H2,(H,9,10);1-5H. The number of nitrogen functional groups attached to an aromatic ring is 2. The molecule has 0 bridgehead atoms. The number of aromatic carboxylic acids is 2. The molecule has 0 unspecified atom stereocenters. The van der Waals surface area contributed by atoms with E-state index in [-0.39, 0.29) is 33.6 Å². The number of hydrogen-bond acceptors (Lipinski definition) is 10. The van der Waals surface area contributed by atoms with E-state index in [1.165, 1.54) is 48.0 Å². The number of rotatable bonds is 2. The molecule has 7 rings (SSSR count). The number of aromatic nitrogens is 8. The van der Waals surface area contributed by atoms with Gasteiger partial charge in [-0.2, -0.15) is 0 Å². The van der Waals surface area contributed by atoms with Gasteiger partial charge in [-0.05, 0) is 36.4 Å². The Morgan fingerprint density at radius 1 is 0.545 bits per heavy atom. The zero-order valence-corrected chi connectivity index (χ0v) is 31.4. The summed E-state index contributed by atoms with van der Waals surface area (Å²) in [5.41, 5.74) is 12.0. The van der Waals surface area contributed by atoms with Gasteiger partial charge in [-0.25, -0.2) is 29.1 Å². The van der Waals surface area contributed by atoms with E-state index in [4.69, 9.17) is 33.3 Å². The van der Waals surface area contributed by atoms with Crippen molar-refractivity contribution in [3.05, 3.63) is 149 Å². The van der Waals surface area contributed by atoms with E-state index in [9.17, 15) is 28.8 Å². The summed E-state index contributed by atoms with van der Waals surface area (Å²) >= 11 is 5.54. The second kappa shape index (κ2) is 18.5. The number of nitrogens with two attached hydrogens (primary N) is 2. The first-order valence-electron chi connectivity index (χ1n) is 15.9. The van der Waals surface area contributed by atoms with Crippen molar-refractivity contribution >= 4 is 57.2 Å². The van der Waals surface area contributed by atoms with E-state index in [2.05, 4.69) is 9.97 Å². The van der Waals surface area contributed by atoms with Gasteiger partial charge >= 0.3 is 23.3 Å². The zero-order chi connectivity index (χ0) is 41.1. The number of aryl methyl sites for hydroxylation is 4. The molecule has 0 saturated carbocycles. The zero-order valence-electron chi connectivity index (χ0n) is 30.6. The molecule has 55 heavy (non-hydrogen) atoms. The molecule has 0 atom stereocenters. The first kappa shape index (κ1) is 42.2. The Hall–Kier alpha value is -7.21. The Morgan fingerprint density at radius 3 is 1.15 bits per heavy atom. The highest BCUT2D eigenvalue weighted by Crippen LogP contribution is 2.10. The quantitative estimate of drug-likeness (QED) is 0.185. The summed E-state index contributed by atoms with van der Waals surface area (Å²) in [4.78, 5) is 75.0. The highest BCUT2D eigenvalue weighted by Gasteiger charge is 2.13. The number of benzene rings is 3. The van der Waals surface area contributed by atoms with Crippen LogP contribution in [0, 0.1) is 0 Å². The topological polar surface area (TPSA) is 250 Å². The molecular weight excluding hydrogens is 736 g/mol. The van der Waals surface area contributed by atoms with E-state index in [0.29, 0.717) is 33.7 Å². The van der Waals surface area contributed by atoms with Gasteiger partial charge in [-0.1, -0.05) is 54.1 Å². The number of fused-ring (bicyclic) bond motifs is 2. The maximum atomic E-state index is 11.7. The van der Waals surface area contributed by atoms with Crippen LogP contribution in [-0.4, -0.2) is 59.5 Å². The second-order valence-corrected chi connectivity index (χ2v) is 12.0. The molecule has 0 spiro atoms. The van der Waals surface area contributed by atoms with Crippen LogP contribution < -0.4 is 34.0 Å². The molecule has 4 heterocycles. The number of para-hydroxylation sites is 2. The van der Waals surface area contributed by atoms with Crippen molar-refractivity contribution in [3.8, 4) is 0 Å². The third-order valence-corrected chi connectivity index (χ3v) is 8.00. The van der Waals surface area contributed by atoms with Crippen LogP contribution in [0.3, 0.4) is 0 Å². The van der Waals surface area contributed by atoms with Crippen LogP contribution in [0.2, 0.25) is 5.02 Å². The minimum absolute atomic E-state index is 0.155. The van der Waals surface area contributed by atoms with Gasteiger partial charge in [0.05, 0.1) is 23.8 Å². The Morgan fingerprint density at radius 2 is 0.873 bits per heavy atom. The maximum Gasteiger partial charge on any atom is 0.337 e. The minimum atomic E-state index is -0.988. The Bertz CT molecular complexity index is 2540. The van der Waals surface area contributed by atoms with Gasteiger partial charge in [0.25, 0.3) is 11.1 Å². The number of carbonyl (C=O) groups is 2. The Balaban J connectivity index is 0.000000188. The summed E-state index contributed by atoms with van der Waals surface area (Å²) in [5, 5.41) is 17.8. The van der Waals surface area contributed by atoms with E-state index in [1.54, 1.807) is 73.7 Å². The molecule has 0 aliphatic carbocycles. The highest BCUT2D eigenvalue weighted by atomic mass is 35.5. The van der Waals surface area contributed by atoms with Crippen molar-refractivity contribution in [3.63, 3.8) is 0 Å². The lowest BCUT2D eigenvalue weighted by Crippen LogP contribution is -2.37. The number of anilines is 2. The first-order chi connectivity index (χ1) is 25.9. The van der Waals surface area contributed by atoms with Crippen molar-refractivity contribution in [2.75, 3.05) is 11.5 Å². The molecule has 7 aromatic rings. The predicted molar refractivity (Wildman–Crippen MR) is 209 cm³/mol. The van der Waals surface area contributed by atoms with Gasteiger partial charge in [0, 0.05) is 58.7 Å². The Kier molecular flexibility index (Phi) is 14.2. The molecule has 18 nitrogen and oxygen atoms in total. The summed E-state index contributed by atoms with van der Waals surface area (Å²) in [6.07, 6.45) is 3.04. The lowest BCUT2D eigenvalue weighted by atomic mass is 10.2. The van der Waals surface area contributed by atoms with Gasteiger partial charge < -0.3 is 30.8 Å². The molecule has 0 radical (unpaired) electrons. The van der Waals surface area contributed by atoms with Crippen molar-refractivity contribution < 1.29 is 19.8 Å². The molecule has 0 amide bonds. The minimum Gasteiger partial charge on any atom is -0.478 e. The van der Waals surface area contributed by atoms with E-state index < -0.39 is 11.9 Å². The Labute approximate surface area is 317 Å². The van der Waals surface area contributed by atoms with Gasteiger partial charge in [-0.15, -0.1) is 0 Å². The van der Waals surface area contributed by atoms with Crippen molar-refractivity contribution in [1.29, 1.82) is 0 Å². The smallest absolute Gasteiger partial charge is 0.337 e. The molecule has 4 aromatic heterocycles. The summed E-state index contributed by atoms with van der Waals surface area (Å²) in [6.45, 7) is 0. The molecule has 3 aromatic carbocycles. The molecule has 0 aliphatic heterocycles. The van der Waals surface area contributed by atoms with Gasteiger partial charge in [0.1, 0.15) is 0 Å². The monoisotopic (exact) mass is 774 g/mol. The number of hydrogen-bond donors (Lipinski definition) is 4. The van der Waals surface area contributed by atoms with E-state index in [1.807, 2.05) is 30.3 Å². The number of carboxylic acids is 2. The average Bonchev–Trinajstić information content (AvgIpc) is 3.75. The summed E-state index contributed by atoms with van der Waals surface area (Å²) in [6, 6.07) is 22.2. The summed E-state index contributed by atoms with van der Waals surface area (Å²) in [7, 11) is 9.55. The molecule has 0 aliphatic rings. The number of carboxylic acid groups (broad SMARTS) is 2. The largest absolute Gasteiger partial charge is 0.478 e. The van der Waals surface area contributed by atoms with Crippen molar-refractivity contribution in [2.45, 2.75) is 0 Å². The van der Waals surface area contributed by atoms with Crippen molar-refractivity contribution in [2.24, 2.45) is 42.3 Å². The van der Waals surface area contributed by atoms with Crippen LogP contribution in [0.25, 0.3) is 22.3 Å². The molecule has 0 fully saturated rings.